The lowest BCUT2D eigenvalue weighted by atomic mass is 10.1. The summed E-state index contributed by atoms with van der Waals surface area (Å²) in [4.78, 5) is 15.7. The first-order valence-electron chi connectivity index (χ1n) is 4.79. The number of nitrogens with zero attached hydrogens (tertiary/aromatic N) is 2. The Bertz CT molecular complexity index is 395. The molecule has 3 nitrogen and oxygen atoms in total. The number of thiol groups is 1. The van der Waals surface area contributed by atoms with E-state index in [9.17, 15) is 4.79 Å². The Morgan fingerprint density at radius 1 is 1.64 bits per heavy atom. The maximum Gasteiger partial charge on any atom is 0.253 e. The summed E-state index contributed by atoms with van der Waals surface area (Å²) in [5.74, 6) is 0.854. The molecule has 0 atom stereocenters. The maximum atomic E-state index is 11.6. The van der Waals surface area contributed by atoms with E-state index in [0.29, 0.717) is 0 Å². The van der Waals surface area contributed by atoms with Crippen molar-refractivity contribution in [2.75, 3.05) is 5.75 Å². The predicted molar refractivity (Wildman–Crippen MR) is 58.8 cm³/mol. The predicted octanol–water partition coefficient (Wildman–Crippen LogP) is 1.26. The van der Waals surface area contributed by atoms with Gasteiger partial charge in [-0.1, -0.05) is 0 Å². The third kappa shape index (κ3) is 1.85. The van der Waals surface area contributed by atoms with E-state index in [2.05, 4.69) is 17.6 Å². The molecule has 1 heterocycles. The quantitative estimate of drug-likeness (QED) is 0.762. The van der Waals surface area contributed by atoms with E-state index < -0.39 is 0 Å². The highest BCUT2D eigenvalue weighted by atomic mass is 32.1. The molecule has 2 rings (SSSR count). The lowest BCUT2D eigenvalue weighted by Crippen LogP contribution is -2.25. The van der Waals surface area contributed by atoms with Gasteiger partial charge in [-0.05, 0) is 30.9 Å². The van der Waals surface area contributed by atoms with Crippen LogP contribution >= 0.6 is 12.6 Å². The van der Waals surface area contributed by atoms with Crippen LogP contribution < -0.4 is 5.56 Å². The Morgan fingerprint density at radius 2 is 2.36 bits per heavy atom. The Morgan fingerprint density at radius 3 is 2.86 bits per heavy atom. The van der Waals surface area contributed by atoms with Crippen LogP contribution in [0.3, 0.4) is 0 Å². The lowest BCUT2D eigenvalue weighted by molar-refractivity contribution is 0.458. The van der Waals surface area contributed by atoms with Crippen LogP contribution in [0.2, 0.25) is 0 Å². The highest BCUT2D eigenvalue weighted by Crippen LogP contribution is 2.47. The molecule has 4 heteroatoms. The molecular weight excluding hydrogens is 196 g/mol. The first kappa shape index (κ1) is 9.77. The van der Waals surface area contributed by atoms with Crippen molar-refractivity contribution < 1.29 is 0 Å². The minimum atomic E-state index is 0.0468. The van der Waals surface area contributed by atoms with Crippen molar-refractivity contribution in [2.24, 2.45) is 5.41 Å². The molecule has 0 aromatic carbocycles. The van der Waals surface area contributed by atoms with Crippen molar-refractivity contribution in [3.8, 4) is 0 Å². The summed E-state index contributed by atoms with van der Waals surface area (Å²) in [6, 6.07) is 1.58. The largest absolute Gasteiger partial charge is 0.299 e. The molecule has 1 fully saturated rings. The zero-order valence-electron chi connectivity index (χ0n) is 8.23. The second-order valence-electron chi connectivity index (χ2n) is 4.15. The molecule has 1 aliphatic rings. The summed E-state index contributed by atoms with van der Waals surface area (Å²) in [5.41, 5.74) is 1.09. The van der Waals surface area contributed by atoms with Crippen molar-refractivity contribution in [1.29, 1.82) is 0 Å². The van der Waals surface area contributed by atoms with Crippen LogP contribution in [-0.4, -0.2) is 15.3 Å². The number of aromatic nitrogens is 2. The molecule has 0 spiro atoms. The third-order valence-electron chi connectivity index (χ3n) is 2.81. The van der Waals surface area contributed by atoms with E-state index in [1.165, 1.54) is 12.8 Å². The second-order valence-corrected chi connectivity index (χ2v) is 4.47. The highest BCUT2D eigenvalue weighted by molar-refractivity contribution is 7.80. The number of hydrogen-bond acceptors (Lipinski definition) is 3. The summed E-state index contributed by atoms with van der Waals surface area (Å²) < 4.78 is 1.69. The van der Waals surface area contributed by atoms with Crippen LogP contribution in [0.25, 0.3) is 0 Å². The molecule has 1 saturated carbocycles. The molecule has 0 bridgehead atoms. The zero-order chi connectivity index (χ0) is 10.2. The summed E-state index contributed by atoms with van der Waals surface area (Å²) in [5, 5.41) is 0. The van der Waals surface area contributed by atoms with Gasteiger partial charge in [0, 0.05) is 18.3 Å². The molecule has 0 saturated heterocycles. The molecule has 76 valence electrons. The van der Waals surface area contributed by atoms with E-state index in [1.54, 1.807) is 17.0 Å². The number of rotatable bonds is 3. The minimum absolute atomic E-state index is 0.0468. The van der Waals surface area contributed by atoms with Crippen LogP contribution in [0.1, 0.15) is 18.5 Å². The fourth-order valence-electron chi connectivity index (χ4n) is 1.54. The summed E-state index contributed by atoms with van der Waals surface area (Å²) >= 11 is 4.31. The van der Waals surface area contributed by atoms with Gasteiger partial charge in [0.1, 0.15) is 0 Å². The van der Waals surface area contributed by atoms with Crippen molar-refractivity contribution in [2.45, 2.75) is 26.3 Å². The van der Waals surface area contributed by atoms with E-state index in [1.807, 2.05) is 6.92 Å². The molecule has 1 aromatic rings. The molecule has 1 aliphatic carbocycles. The lowest BCUT2D eigenvalue weighted by Gasteiger charge is -2.13. The van der Waals surface area contributed by atoms with Gasteiger partial charge in [-0.25, -0.2) is 4.98 Å². The average molecular weight is 210 g/mol. The Hall–Kier alpha value is -0.770. The minimum Gasteiger partial charge on any atom is -0.299 e. The molecule has 0 aliphatic heterocycles. The second kappa shape index (κ2) is 3.42. The Balaban J connectivity index is 2.21. The van der Waals surface area contributed by atoms with Gasteiger partial charge in [0.2, 0.25) is 0 Å². The van der Waals surface area contributed by atoms with Crippen molar-refractivity contribution in [3.63, 3.8) is 0 Å². The van der Waals surface area contributed by atoms with Gasteiger partial charge in [-0.15, -0.1) is 0 Å². The van der Waals surface area contributed by atoms with E-state index in [-0.39, 0.29) is 11.0 Å². The highest BCUT2D eigenvalue weighted by Gasteiger charge is 2.41. The maximum absolute atomic E-state index is 11.6. The van der Waals surface area contributed by atoms with Gasteiger partial charge in [0.25, 0.3) is 5.56 Å². The molecule has 14 heavy (non-hydrogen) atoms. The van der Waals surface area contributed by atoms with E-state index in [0.717, 1.165) is 18.0 Å². The van der Waals surface area contributed by atoms with Crippen molar-refractivity contribution in [3.05, 3.63) is 28.4 Å². The topological polar surface area (TPSA) is 34.9 Å². The van der Waals surface area contributed by atoms with Crippen molar-refractivity contribution >= 4 is 12.6 Å². The van der Waals surface area contributed by atoms with Gasteiger partial charge in [-0.3, -0.25) is 9.36 Å². The molecule has 0 N–H and O–H groups in total. The van der Waals surface area contributed by atoms with Gasteiger partial charge >= 0.3 is 0 Å². The van der Waals surface area contributed by atoms with Gasteiger partial charge in [0.15, 0.2) is 0 Å². The fraction of sp³-hybridized carbons (Fsp3) is 0.600. The Labute approximate surface area is 88.6 Å². The zero-order valence-corrected chi connectivity index (χ0v) is 9.13. The van der Waals surface area contributed by atoms with Crippen LogP contribution in [0.15, 0.2) is 17.2 Å². The monoisotopic (exact) mass is 210 g/mol. The normalized spacial score (nSPS) is 18.1. The van der Waals surface area contributed by atoms with Gasteiger partial charge < -0.3 is 0 Å². The smallest absolute Gasteiger partial charge is 0.253 e. The first-order chi connectivity index (χ1) is 6.65. The van der Waals surface area contributed by atoms with E-state index >= 15 is 0 Å². The van der Waals surface area contributed by atoms with Gasteiger partial charge in [0.05, 0.1) is 6.33 Å². The first-order valence-corrected chi connectivity index (χ1v) is 5.42. The third-order valence-corrected chi connectivity index (χ3v) is 3.49. The molecule has 0 unspecified atom stereocenters. The SMILES string of the molecule is Cc1cc(=O)n(CC2(CS)CC2)cn1. The average Bonchev–Trinajstić information content (AvgIpc) is 2.91. The van der Waals surface area contributed by atoms with Gasteiger partial charge in [-0.2, -0.15) is 12.6 Å². The summed E-state index contributed by atoms with van der Waals surface area (Å²) in [7, 11) is 0. The summed E-state index contributed by atoms with van der Waals surface area (Å²) in [6.07, 6.45) is 3.99. The standard InChI is InChI=1S/C10H14N2OS/c1-8-4-9(13)12(7-11-8)5-10(6-14)2-3-10/h4,7,14H,2-3,5-6H2,1H3. The van der Waals surface area contributed by atoms with Crippen molar-refractivity contribution in [1.82, 2.24) is 9.55 Å². The molecule has 0 radical (unpaired) electrons. The van der Waals surface area contributed by atoms with Crippen LogP contribution in [0.5, 0.6) is 0 Å². The summed E-state index contributed by atoms with van der Waals surface area (Å²) in [6.45, 7) is 2.60. The van der Waals surface area contributed by atoms with E-state index in [4.69, 9.17) is 0 Å². The number of aryl methyl sites for hydroxylation is 1. The molecule has 1 aromatic heterocycles. The number of hydrogen-bond donors (Lipinski definition) is 1. The van der Waals surface area contributed by atoms with Crippen LogP contribution in [-0.2, 0) is 6.54 Å². The molecule has 0 amide bonds. The fourth-order valence-corrected chi connectivity index (χ4v) is 1.96. The molecular formula is C10H14N2OS. The van der Waals surface area contributed by atoms with Crippen LogP contribution in [0.4, 0.5) is 0 Å². The van der Waals surface area contributed by atoms with Crippen LogP contribution in [0, 0.1) is 12.3 Å². The Kier molecular flexibility index (Phi) is 2.39.